The van der Waals surface area contributed by atoms with Crippen LogP contribution in [0.25, 0.3) is 0 Å². The van der Waals surface area contributed by atoms with Crippen molar-refractivity contribution >= 4 is 11.8 Å². The second-order valence-corrected chi connectivity index (χ2v) is 6.04. The standard InChI is InChI=1S/C19H24N4O2/c1-3-4-10-21-17-16(12-22-18(20)23-17)25-13-14-6-5-7-15(11-14)19(24-2)8-9-19/h5-9,11-12H,3-4,10,13H2,1-2H3,(H3,20,21,22,23). The molecule has 25 heavy (non-hydrogen) atoms. The topological polar surface area (TPSA) is 82.3 Å². The van der Waals surface area contributed by atoms with Gasteiger partial charge < -0.3 is 20.5 Å². The summed E-state index contributed by atoms with van der Waals surface area (Å²) in [6, 6.07) is 8.18. The number of unbranched alkanes of at least 4 members (excludes halogenated alkanes) is 1. The minimum absolute atomic E-state index is 0.232. The summed E-state index contributed by atoms with van der Waals surface area (Å²) in [6.45, 7) is 3.38. The van der Waals surface area contributed by atoms with Gasteiger partial charge in [-0.25, -0.2) is 4.98 Å². The summed E-state index contributed by atoms with van der Waals surface area (Å²) < 4.78 is 11.5. The van der Waals surface area contributed by atoms with Gasteiger partial charge in [0.25, 0.3) is 0 Å². The highest BCUT2D eigenvalue weighted by Gasteiger charge is 2.35. The zero-order valence-electron chi connectivity index (χ0n) is 14.7. The lowest BCUT2D eigenvalue weighted by molar-refractivity contribution is 0.103. The van der Waals surface area contributed by atoms with Gasteiger partial charge in [0.2, 0.25) is 5.95 Å². The quantitative estimate of drug-likeness (QED) is 0.538. The molecule has 6 nitrogen and oxygen atoms in total. The number of nitrogens with one attached hydrogen (secondary N) is 1. The fourth-order valence-corrected chi connectivity index (χ4v) is 2.59. The van der Waals surface area contributed by atoms with Gasteiger partial charge in [-0.3, -0.25) is 0 Å². The van der Waals surface area contributed by atoms with Crippen LogP contribution in [0.5, 0.6) is 5.75 Å². The van der Waals surface area contributed by atoms with Gasteiger partial charge in [0, 0.05) is 13.7 Å². The van der Waals surface area contributed by atoms with E-state index >= 15 is 0 Å². The molecule has 0 aliphatic heterocycles. The van der Waals surface area contributed by atoms with Gasteiger partial charge >= 0.3 is 0 Å². The molecule has 0 radical (unpaired) electrons. The molecule has 1 aliphatic carbocycles. The molecule has 0 bridgehead atoms. The first kappa shape index (κ1) is 17.2. The molecule has 3 rings (SSSR count). The van der Waals surface area contributed by atoms with Gasteiger partial charge in [-0.2, -0.15) is 4.98 Å². The first-order chi connectivity index (χ1) is 12.2. The lowest BCUT2D eigenvalue weighted by Gasteiger charge is -2.16. The third kappa shape index (κ3) is 4.09. The molecule has 0 saturated carbocycles. The lowest BCUT2D eigenvalue weighted by Crippen LogP contribution is -2.12. The van der Waals surface area contributed by atoms with E-state index in [4.69, 9.17) is 15.2 Å². The Morgan fingerprint density at radius 3 is 2.84 bits per heavy atom. The zero-order valence-corrected chi connectivity index (χ0v) is 14.7. The van der Waals surface area contributed by atoms with Crippen molar-refractivity contribution < 1.29 is 9.47 Å². The molecule has 0 atom stereocenters. The van der Waals surface area contributed by atoms with E-state index in [1.165, 1.54) is 0 Å². The van der Waals surface area contributed by atoms with Crippen LogP contribution in [0.2, 0.25) is 0 Å². The highest BCUT2D eigenvalue weighted by Crippen LogP contribution is 2.39. The van der Waals surface area contributed by atoms with Crippen LogP contribution in [-0.4, -0.2) is 23.6 Å². The Hall–Kier alpha value is -2.60. The van der Waals surface area contributed by atoms with Crippen LogP contribution in [-0.2, 0) is 16.9 Å². The van der Waals surface area contributed by atoms with E-state index in [9.17, 15) is 0 Å². The Labute approximate surface area is 148 Å². The van der Waals surface area contributed by atoms with Gasteiger partial charge in [0.05, 0.1) is 6.20 Å². The monoisotopic (exact) mass is 340 g/mol. The first-order valence-corrected chi connectivity index (χ1v) is 8.51. The van der Waals surface area contributed by atoms with Gasteiger partial charge in [0.15, 0.2) is 11.6 Å². The van der Waals surface area contributed by atoms with Crippen molar-refractivity contribution in [3.8, 4) is 5.75 Å². The molecular weight excluding hydrogens is 316 g/mol. The second kappa shape index (κ2) is 7.53. The van der Waals surface area contributed by atoms with Gasteiger partial charge in [-0.05, 0) is 35.8 Å². The maximum Gasteiger partial charge on any atom is 0.222 e. The number of anilines is 2. The number of rotatable bonds is 9. The van der Waals surface area contributed by atoms with E-state index in [1.807, 2.05) is 24.3 Å². The van der Waals surface area contributed by atoms with Crippen LogP contribution in [0.3, 0.4) is 0 Å². The van der Waals surface area contributed by atoms with Crippen LogP contribution < -0.4 is 15.8 Å². The second-order valence-electron chi connectivity index (χ2n) is 6.04. The molecule has 1 aromatic heterocycles. The number of hydrogen-bond donors (Lipinski definition) is 2. The van der Waals surface area contributed by atoms with Crippen molar-refractivity contribution in [2.75, 3.05) is 24.7 Å². The van der Waals surface area contributed by atoms with Crippen LogP contribution in [0.4, 0.5) is 11.8 Å². The number of nitrogens with zero attached hydrogens (tertiary/aromatic N) is 2. The predicted octanol–water partition coefficient (Wildman–Crippen LogP) is 3.26. The van der Waals surface area contributed by atoms with Crippen LogP contribution in [0.1, 0.15) is 30.9 Å². The fourth-order valence-electron chi connectivity index (χ4n) is 2.59. The molecule has 0 saturated heterocycles. The maximum atomic E-state index is 5.93. The van der Waals surface area contributed by atoms with Crippen molar-refractivity contribution in [3.63, 3.8) is 0 Å². The summed E-state index contributed by atoms with van der Waals surface area (Å²) in [7, 11) is 1.71. The number of ether oxygens (including phenoxy) is 2. The summed E-state index contributed by atoms with van der Waals surface area (Å²) in [5.74, 6) is 1.46. The normalized spacial score (nSPS) is 14.3. The summed E-state index contributed by atoms with van der Waals surface area (Å²) >= 11 is 0. The Morgan fingerprint density at radius 2 is 2.12 bits per heavy atom. The molecule has 2 aromatic rings. The Bertz CT molecular complexity index is 755. The largest absolute Gasteiger partial charge is 0.483 e. The number of methoxy groups -OCH3 is 1. The summed E-state index contributed by atoms with van der Waals surface area (Å²) in [5.41, 5.74) is 7.51. The molecule has 0 spiro atoms. The van der Waals surface area contributed by atoms with Gasteiger partial charge in [0.1, 0.15) is 12.2 Å². The average Bonchev–Trinajstić information content (AvgIpc) is 3.43. The molecule has 0 unspecified atom stereocenters. The first-order valence-electron chi connectivity index (χ1n) is 8.51. The van der Waals surface area contributed by atoms with Gasteiger partial charge in [-0.15, -0.1) is 0 Å². The lowest BCUT2D eigenvalue weighted by atomic mass is 10.0. The Morgan fingerprint density at radius 1 is 1.28 bits per heavy atom. The van der Waals surface area contributed by atoms with E-state index < -0.39 is 0 Å². The zero-order chi connectivity index (χ0) is 17.7. The molecule has 0 fully saturated rings. The van der Waals surface area contributed by atoms with Crippen LogP contribution in [0, 0.1) is 0 Å². The molecule has 0 amide bonds. The van der Waals surface area contributed by atoms with E-state index in [0.717, 1.165) is 30.5 Å². The molecule has 1 heterocycles. The van der Waals surface area contributed by atoms with Crippen molar-refractivity contribution in [1.82, 2.24) is 9.97 Å². The molecule has 132 valence electrons. The highest BCUT2D eigenvalue weighted by molar-refractivity contribution is 5.51. The third-order valence-electron chi connectivity index (χ3n) is 4.18. The van der Waals surface area contributed by atoms with Crippen LogP contribution in [0.15, 0.2) is 42.6 Å². The number of hydrogen-bond acceptors (Lipinski definition) is 6. The summed E-state index contributed by atoms with van der Waals surface area (Å²) in [6.07, 6.45) is 7.84. The van der Waals surface area contributed by atoms with Crippen molar-refractivity contribution in [2.45, 2.75) is 32.0 Å². The van der Waals surface area contributed by atoms with E-state index in [0.29, 0.717) is 18.2 Å². The molecule has 1 aromatic carbocycles. The average molecular weight is 340 g/mol. The fraction of sp³-hybridized carbons (Fsp3) is 0.368. The molecule has 6 heteroatoms. The molecule has 3 N–H and O–H groups in total. The SMILES string of the molecule is CCCCNc1nc(N)ncc1OCc1cccc(C2(OC)C=C2)c1. The number of aromatic nitrogens is 2. The summed E-state index contributed by atoms with van der Waals surface area (Å²) in [5, 5.41) is 3.26. The maximum absolute atomic E-state index is 5.93. The number of nitrogens with two attached hydrogens (primary N) is 1. The van der Waals surface area contributed by atoms with Crippen molar-refractivity contribution in [3.05, 3.63) is 53.7 Å². The van der Waals surface area contributed by atoms with Gasteiger partial charge in [-0.1, -0.05) is 31.5 Å². The third-order valence-corrected chi connectivity index (χ3v) is 4.18. The minimum atomic E-state index is -0.340. The van der Waals surface area contributed by atoms with Crippen molar-refractivity contribution in [1.29, 1.82) is 0 Å². The molecule has 1 aliphatic rings. The Kier molecular flexibility index (Phi) is 5.19. The number of nitrogen functional groups attached to an aromatic ring is 1. The van der Waals surface area contributed by atoms with Crippen LogP contribution >= 0.6 is 0 Å². The highest BCUT2D eigenvalue weighted by atomic mass is 16.5. The van der Waals surface area contributed by atoms with E-state index in [1.54, 1.807) is 13.3 Å². The minimum Gasteiger partial charge on any atom is -0.483 e. The van der Waals surface area contributed by atoms with E-state index in [-0.39, 0.29) is 11.5 Å². The number of benzene rings is 1. The smallest absolute Gasteiger partial charge is 0.222 e. The van der Waals surface area contributed by atoms with E-state index in [2.05, 4.69) is 34.3 Å². The Balaban J connectivity index is 1.68. The molecular formula is C19H24N4O2. The van der Waals surface area contributed by atoms with Crippen molar-refractivity contribution in [2.24, 2.45) is 0 Å². The summed E-state index contributed by atoms with van der Waals surface area (Å²) in [4.78, 5) is 8.27. The predicted molar refractivity (Wildman–Crippen MR) is 98.4 cm³/mol.